The Hall–Kier alpha value is -2.33. The molecular weight excluding hydrogens is 336 g/mol. The van der Waals surface area contributed by atoms with Gasteiger partial charge in [-0.05, 0) is 59.9 Å². The highest BCUT2D eigenvalue weighted by molar-refractivity contribution is 5.79. The summed E-state index contributed by atoms with van der Waals surface area (Å²) in [7, 11) is 0. The van der Waals surface area contributed by atoms with Crippen LogP contribution in [0.4, 0.5) is 4.79 Å². The first kappa shape index (κ1) is 18.1. The third-order valence-electron chi connectivity index (χ3n) is 6.10. The molecule has 0 saturated heterocycles. The van der Waals surface area contributed by atoms with Crippen molar-refractivity contribution in [3.63, 3.8) is 0 Å². The molecular formula is C23H28N2O2. The molecule has 2 aromatic rings. The number of rotatable bonds is 5. The summed E-state index contributed by atoms with van der Waals surface area (Å²) in [6.07, 6.45) is 4.39. The Balaban J connectivity index is 1.34. The highest BCUT2D eigenvalue weighted by atomic mass is 16.5. The Morgan fingerprint density at radius 2 is 1.63 bits per heavy atom. The van der Waals surface area contributed by atoms with Gasteiger partial charge in [0.15, 0.2) is 0 Å². The van der Waals surface area contributed by atoms with Crippen LogP contribution in [0.5, 0.6) is 0 Å². The molecule has 2 aromatic carbocycles. The molecule has 1 saturated carbocycles. The molecule has 1 amide bonds. The first-order valence-electron chi connectivity index (χ1n) is 10.0. The normalized spacial score (nSPS) is 21.4. The fourth-order valence-corrected chi connectivity index (χ4v) is 4.68. The quantitative estimate of drug-likeness (QED) is 0.832. The second-order valence-corrected chi connectivity index (χ2v) is 7.84. The summed E-state index contributed by atoms with van der Waals surface area (Å²) < 4.78 is 5.61. The molecule has 0 aromatic heterocycles. The predicted octanol–water partition coefficient (Wildman–Crippen LogP) is 4.29. The summed E-state index contributed by atoms with van der Waals surface area (Å²) in [5.74, 6) is 1.24. The molecule has 4 rings (SSSR count). The highest BCUT2D eigenvalue weighted by Crippen LogP contribution is 2.44. The van der Waals surface area contributed by atoms with Gasteiger partial charge in [-0.25, -0.2) is 4.79 Å². The largest absolute Gasteiger partial charge is 0.449 e. The van der Waals surface area contributed by atoms with Gasteiger partial charge in [-0.15, -0.1) is 0 Å². The smallest absolute Gasteiger partial charge is 0.407 e. The number of amides is 1. The lowest BCUT2D eigenvalue weighted by Gasteiger charge is -2.28. The molecule has 4 nitrogen and oxygen atoms in total. The van der Waals surface area contributed by atoms with Crippen molar-refractivity contribution in [3.8, 4) is 11.1 Å². The van der Waals surface area contributed by atoms with Gasteiger partial charge in [0.2, 0.25) is 0 Å². The molecule has 4 heteroatoms. The summed E-state index contributed by atoms with van der Waals surface area (Å²) in [5.41, 5.74) is 10.8. The number of carbonyl (C=O) groups is 1. The van der Waals surface area contributed by atoms with Gasteiger partial charge < -0.3 is 15.8 Å². The standard InChI is InChI=1S/C23H28N2O2/c24-13-16-6-5-7-17(12-16)14-25-23(26)27-15-22-20-10-3-1-8-18(20)19-9-2-4-11-21(19)22/h1-4,8-11,16-17,22H,5-7,12-15,24H2,(H,25,26). The SMILES string of the molecule is NCC1CCCC(CNC(=O)OCC2c3ccccc3-c3ccccc32)C1. The van der Waals surface area contributed by atoms with E-state index in [4.69, 9.17) is 10.5 Å². The van der Waals surface area contributed by atoms with Crippen LogP contribution in [-0.4, -0.2) is 25.8 Å². The van der Waals surface area contributed by atoms with Crippen molar-refractivity contribution in [1.82, 2.24) is 5.32 Å². The van der Waals surface area contributed by atoms with E-state index < -0.39 is 0 Å². The molecule has 0 spiro atoms. The molecule has 2 unspecified atom stereocenters. The Bertz CT molecular complexity index is 759. The molecule has 3 N–H and O–H groups in total. The Kier molecular flexibility index (Phi) is 5.44. The third kappa shape index (κ3) is 3.86. The van der Waals surface area contributed by atoms with Crippen LogP contribution in [0.25, 0.3) is 11.1 Å². The zero-order chi connectivity index (χ0) is 18.6. The third-order valence-corrected chi connectivity index (χ3v) is 6.10. The maximum absolute atomic E-state index is 12.3. The molecule has 1 fully saturated rings. The summed E-state index contributed by atoms with van der Waals surface area (Å²) in [6, 6.07) is 16.8. The zero-order valence-corrected chi connectivity index (χ0v) is 15.7. The molecule has 2 aliphatic carbocycles. The molecule has 0 bridgehead atoms. The Morgan fingerprint density at radius 3 is 2.30 bits per heavy atom. The summed E-state index contributed by atoms with van der Waals surface area (Å²) >= 11 is 0. The monoisotopic (exact) mass is 364 g/mol. The lowest BCUT2D eigenvalue weighted by molar-refractivity contribution is 0.139. The first-order chi connectivity index (χ1) is 13.3. The zero-order valence-electron chi connectivity index (χ0n) is 15.7. The van der Waals surface area contributed by atoms with Crippen molar-refractivity contribution in [1.29, 1.82) is 0 Å². The van der Waals surface area contributed by atoms with Crippen molar-refractivity contribution in [3.05, 3.63) is 59.7 Å². The van der Waals surface area contributed by atoms with Crippen molar-refractivity contribution in [2.45, 2.75) is 31.6 Å². The average molecular weight is 364 g/mol. The van der Waals surface area contributed by atoms with Crippen LogP contribution in [0.3, 0.4) is 0 Å². The van der Waals surface area contributed by atoms with Crippen LogP contribution in [0, 0.1) is 11.8 Å². The van der Waals surface area contributed by atoms with Gasteiger partial charge in [0.25, 0.3) is 0 Å². The van der Waals surface area contributed by atoms with Crippen LogP contribution in [0.15, 0.2) is 48.5 Å². The van der Waals surface area contributed by atoms with Gasteiger partial charge in [-0.2, -0.15) is 0 Å². The minimum atomic E-state index is -0.313. The maximum Gasteiger partial charge on any atom is 0.407 e. The Morgan fingerprint density at radius 1 is 1.00 bits per heavy atom. The van der Waals surface area contributed by atoms with Gasteiger partial charge in [-0.3, -0.25) is 0 Å². The lowest BCUT2D eigenvalue weighted by atomic mass is 9.81. The second kappa shape index (κ2) is 8.13. The van der Waals surface area contributed by atoms with E-state index in [-0.39, 0.29) is 12.0 Å². The van der Waals surface area contributed by atoms with E-state index in [0.717, 1.165) is 13.0 Å². The van der Waals surface area contributed by atoms with E-state index in [1.807, 2.05) is 0 Å². The number of hydrogen-bond acceptors (Lipinski definition) is 3. The van der Waals surface area contributed by atoms with Crippen LogP contribution < -0.4 is 11.1 Å². The summed E-state index contributed by atoms with van der Waals surface area (Å²) in [5, 5.41) is 2.97. The average Bonchev–Trinajstić information content (AvgIpc) is 3.05. The van der Waals surface area contributed by atoms with E-state index in [1.165, 1.54) is 41.5 Å². The molecule has 0 radical (unpaired) electrons. The topological polar surface area (TPSA) is 64.3 Å². The van der Waals surface area contributed by atoms with E-state index >= 15 is 0 Å². The van der Waals surface area contributed by atoms with Gasteiger partial charge in [0, 0.05) is 12.5 Å². The summed E-state index contributed by atoms with van der Waals surface area (Å²) in [4.78, 5) is 12.3. The van der Waals surface area contributed by atoms with Crippen molar-refractivity contribution >= 4 is 6.09 Å². The van der Waals surface area contributed by atoms with E-state index in [9.17, 15) is 4.79 Å². The fourth-order valence-electron chi connectivity index (χ4n) is 4.68. The fraction of sp³-hybridized carbons (Fsp3) is 0.435. The number of benzene rings is 2. The van der Waals surface area contributed by atoms with Crippen molar-refractivity contribution in [2.75, 3.05) is 19.7 Å². The van der Waals surface area contributed by atoms with Crippen LogP contribution in [0.2, 0.25) is 0 Å². The molecule has 0 heterocycles. The molecule has 0 aliphatic heterocycles. The maximum atomic E-state index is 12.3. The lowest BCUT2D eigenvalue weighted by Crippen LogP contribution is -2.34. The summed E-state index contributed by atoms with van der Waals surface area (Å²) in [6.45, 7) is 1.81. The van der Waals surface area contributed by atoms with Crippen LogP contribution in [-0.2, 0) is 4.74 Å². The van der Waals surface area contributed by atoms with Crippen LogP contribution in [0.1, 0.15) is 42.7 Å². The molecule has 2 aliphatic rings. The van der Waals surface area contributed by atoms with Gasteiger partial charge in [-0.1, -0.05) is 55.0 Å². The number of ether oxygens (including phenoxy) is 1. The van der Waals surface area contributed by atoms with Crippen molar-refractivity contribution in [2.24, 2.45) is 17.6 Å². The number of carbonyl (C=O) groups excluding carboxylic acids is 1. The van der Waals surface area contributed by atoms with Crippen LogP contribution >= 0.6 is 0 Å². The number of alkyl carbamates (subject to hydrolysis) is 1. The number of hydrogen-bond donors (Lipinski definition) is 2. The van der Waals surface area contributed by atoms with Gasteiger partial charge in [0.05, 0.1) is 0 Å². The molecule has 2 atom stereocenters. The van der Waals surface area contributed by atoms with Gasteiger partial charge in [0.1, 0.15) is 6.61 Å². The Labute approximate surface area is 161 Å². The highest BCUT2D eigenvalue weighted by Gasteiger charge is 2.29. The predicted molar refractivity (Wildman–Crippen MR) is 108 cm³/mol. The number of nitrogens with two attached hydrogens (primary N) is 1. The van der Waals surface area contributed by atoms with Gasteiger partial charge >= 0.3 is 6.09 Å². The van der Waals surface area contributed by atoms with Crippen molar-refractivity contribution < 1.29 is 9.53 Å². The second-order valence-electron chi connectivity index (χ2n) is 7.84. The first-order valence-corrected chi connectivity index (χ1v) is 10.0. The van der Waals surface area contributed by atoms with E-state index in [1.54, 1.807) is 0 Å². The number of nitrogens with one attached hydrogen (secondary N) is 1. The molecule has 142 valence electrons. The van der Waals surface area contributed by atoms with E-state index in [2.05, 4.69) is 53.8 Å². The minimum Gasteiger partial charge on any atom is -0.449 e. The minimum absolute atomic E-state index is 0.111. The van der Waals surface area contributed by atoms with E-state index in [0.29, 0.717) is 25.0 Å². The molecule has 27 heavy (non-hydrogen) atoms. The number of fused-ring (bicyclic) bond motifs is 3.